The molecule has 13 heteroatoms. The summed E-state index contributed by atoms with van der Waals surface area (Å²) in [6.45, 7) is 0.202. The number of Topliss-reactive ketones (excluding diaryl/α,β-unsaturated/α-hetero) is 1. The van der Waals surface area contributed by atoms with Gasteiger partial charge in [0.05, 0.1) is 9.75 Å². The number of thiophene rings is 1. The molecule has 28 heavy (non-hydrogen) atoms. The Hall–Kier alpha value is -2.96. The fourth-order valence-corrected chi connectivity index (χ4v) is 2.38. The molecule has 2 aromatic rings. The third-order valence-electron chi connectivity index (χ3n) is 2.73. The summed E-state index contributed by atoms with van der Waals surface area (Å²) in [5.74, 6) is -5.24. The minimum absolute atomic E-state index is 0.0477. The van der Waals surface area contributed by atoms with Crippen molar-refractivity contribution < 1.29 is 45.8 Å². The summed E-state index contributed by atoms with van der Waals surface area (Å²) in [6.07, 6.45) is -6.87. The second-order valence-corrected chi connectivity index (χ2v) is 5.92. The minimum atomic E-state index is -5.08. The average Bonchev–Trinajstić information content (AvgIpc) is 3.08. The number of aromatic nitrogens is 1. The molecule has 0 fully saturated rings. The Labute approximate surface area is 156 Å². The van der Waals surface area contributed by atoms with Crippen LogP contribution in [0.25, 0.3) is 0 Å². The summed E-state index contributed by atoms with van der Waals surface area (Å²) in [6, 6.07) is 5.65. The molecule has 0 unspecified atom stereocenters. The predicted octanol–water partition coefficient (Wildman–Crippen LogP) is 3.45. The van der Waals surface area contributed by atoms with E-state index >= 15 is 0 Å². The first-order chi connectivity index (χ1) is 12.8. The monoisotopic (exact) mass is 428 g/mol. The molecule has 0 spiro atoms. The molecule has 2 aromatic heterocycles. The Morgan fingerprint density at radius 3 is 2.04 bits per heavy atom. The number of amides is 1. The number of rotatable bonds is 4. The maximum atomic E-state index is 12.3. The molecule has 0 aliphatic carbocycles. The number of alkyl halides is 6. The Kier molecular flexibility index (Phi) is 7.67. The average molecular weight is 428 g/mol. The lowest BCUT2D eigenvalue weighted by molar-refractivity contribution is -0.192. The molecule has 0 aliphatic rings. The molecular weight excluding hydrogens is 418 g/mol. The molecule has 2 heterocycles. The second kappa shape index (κ2) is 9.30. The highest BCUT2D eigenvalue weighted by Gasteiger charge is 2.40. The molecule has 152 valence electrons. The molecule has 0 bridgehead atoms. The summed E-state index contributed by atoms with van der Waals surface area (Å²) in [5, 5.41) is 9.67. The van der Waals surface area contributed by atoms with Crippen LogP contribution in [-0.2, 0) is 11.3 Å². The zero-order chi connectivity index (χ0) is 21.5. The normalized spacial score (nSPS) is 11.2. The minimum Gasteiger partial charge on any atom is -0.475 e. The Morgan fingerprint density at radius 1 is 1.00 bits per heavy atom. The van der Waals surface area contributed by atoms with Crippen molar-refractivity contribution in [3.63, 3.8) is 0 Å². The standard InChI is InChI=1S/C13H9F3N2O2S.C2HF3O2/c14-13(15,16)11(19)9-3-4-10(21-9)12(20)18-7-8-2-1-5-17-6-8;3-2(4,5)1(6)7/h1-6H,7H2,(H,18,20);(H,6,7). The van der Waals surface area contributed by atoms with Crippen LogP contribution in [-0.4, -0.2) is 40.1 Å². The van der Waals surface area contributed by atoms with Crippen molar-refractivity contribution in [2.24, 2.45) is 0 Å². The van der Waals surface area contributed by atoms with Crippen molar-refractivity contribution in [2.45, 2.75) is 18.9 Å². The van der Waals surface area contributed by atoms with Crippen LogP contribution in [0.15, 0.2) is 36.7 Å². The van der Waals surface area contributed by atoms with Crippen molar-refractivity contribution in [1.29, 1.82) is 0 Å². The van der Waals surface area contributed by atoms with Crippen LogP contribution in [0, 0.1) is 0 Å². The van der Waals surface area contributed by atoms with Crippen molar-refractivity contribution in [2.75, 3.05) is 0 Å². The van der Waals surface area contributed by atoms with Gasteiger partial charge in [-0.15, -0.1) is 11.3 Å². The smallest absolute Gasteiger partial charge is 0.475 e. The maximum absolute atomic E-state index is 12.3. The van der Waals surface area contributed by atoms with E-state index in [4.69, 9.17) is 9.90 Å². The molecule has 2 rings (SSSR count). The highest BCUT2D eigenvalue weighted by atomic mass is 32.1. The van der Waals surface area contributed by atoms with Gasteiger partial charge in [-0.2, -0.15) is 26.3 Å². The van der Waals surface area contributed by atoms with Gasteiger partial charge in [0, 0.05) is 18.9 Å². The van der Waals surface area contributed by atoms with Crippen LogP contribution in [0.5, 0.6) is 0 Å². The van der Waals surface area contributed by atoms with Crippen LogP contribution < -0.4 is 5.32 Å². The topological polar surface area (TPSA) is 96.4 Å². The fraction of sp³-hybridized carbons (Fsp3) is 0.200. The van der Waals surface area contributed by atoms with Gasteiger partial charge in [0.15, 0.2) is 0 Å². The van der Waals surface area contributed by atoms with Crippen molar-refractivity contribution in [3.05, 3.63) is 52.0 Å². The van der Waals surface area contributed by atoms with E-state index < -0.39 is 34.9 Å². The molecular formula is C15H10F6N2O4S. The van der Waals surface area contributed by atoms with Gasteiger partial charge in [0.2, 0.25) is 0 Å². The number of aliphatic carboxylic acids is 1. The number of pyridine rings is 1. The lowest BCUT2D eigenvalue weighted by atomic mass is 10.3. The van der Waals surface area contributed by atoms with Gasteiger partial charge in [0.25, 0.3) is 11.7 Å². The summed E-state index contributed by atoms with van der Waals surface area (Å²) in [5.41, 5.74) is 0.758. The number of nitrogens with zero attached hydrogens (tertiary/aromatic N) is 1. The molecule has 2 N–H and O–H groups in total. The van der Waals surface area contributed by atoms with E-state index in [2.05, 4.69) is 10.3 Å². The number of halogens is 6. The van der Waals surface area contributed by atoms with E-state index in [9.17, 15) is 35.9 Å². The fourth-order valence-electron chi connectivity index (χ4n) is 1.49. The van der Waals surface area contributed by atoms with E-state index in [-0.39, 0.29) is 11.4 Å². The summed E-state index contributed by atoms with van der Waals surface area (Å²) in [4.78, 5) is 35.1. The Bertz CT molecular complexity index is 833. The first-order valence-corrected chi connectivity index (χ1v) is 7.82. The summed E-state index contributed by atoms with van der Waals surface area (Å²) < 4.78 is 68.5. The molecule has 1 amide bonds. The van der Waals surface area contributed by atoms with Gasteiger partial charge in [0.1, 0.15) is 0 Å². The number of carboxylic acid groups (broad SMARTS) is 1. The number of ketones is 1. The molecule has 0 saturated carbocycles. The highest BCUT2D eigenvalue weighted by molar-refractivity contribution is 7.16. The molecule has 0 radical (unpaired) electrons. The van der Waals surface area contributed by atoms with Gasteiger partial charge >= 0.3 is 18.3 Å². The summed E-state index contributed by atoms with van der Waals surface area (Å²) >= 11 is 0.514. The van der Waals surface area contributed by atoms with Gasteiger partial charge < -0.3 is 10.4 Å². The SMILES string of the molecule is O=C(NCc1cccnc1)c1ccc(C(=O)C(F)(F)F)s1.O=C(O)C(F)(F)F. The Morgan fingerprint density at radius 2 is 1.57 bits per heavy atom. The van der Waals surface area contributed by atoms with Crippen LogP contribution >= 0.6 is 11.3 Å². The number of carbonyl (C=O) groups excluding carboxylic acids is 2. The van der Waals surface area contributed by atoms with Crippen molar-refractivity contribution >= 4 is 29.0 Å². The second-order valence-electron chi connectivity index (χ2n) is 4.84. The number of carbonyl (C=O) groups is 3. The number of nitrogens with one attached hydrogen (secondary N) is 1. The van der Waals surface area contributed by atoms with Crippen LogP contribution in [0.3, 0.4) is 0 Å². The van der Waals surface area contributed by atoms with Crippen LogP contribution in [0.2, 0.25) is 0 Å². The van der Waals surface area contributed by atoms with Crippen molar-refractivity contribution in [1.82, 2.24) is 10.3 Å². The third kappa shape index (κ3) is 7.34. The van der Waals surface area contributed by atoms with E-state index in [0.29, 0.717) is 11.3 Å². The van der Waals surface area contributed by atoms with E-state index in [1.807, 2.05) is 0 Å². The molecule has 6 nitrogen and oxygen atoms in total. The zero-order valence-corrected chi connectivity index (χ0v) is 14.3. The zero-order valence-electron chi connectivity index (χ0n) is 13.5. The molecule has 0 saturated heterocycles. The van der Waals surface area contributed by atoms with Gasteiger partial charge in [-0.1, -0.05) is 6.07 Å². The largest absolute Gasteiger partial charge is 0.490 e. The third-order valence-corrected chi connectivity index (χ3v) is 3.81. The van der Waals surface area contributed by atoms with Gasteiger partial charge in [-0.25, -0.2) is 4.79 Å². The molecule has 0 aliphatic heterocycles. The Balaban J connectivity index is 0.000000480. The van der Waals surface area contributed by atoms with E-state index in [1.165, 1.54) is 6.07 Å². The van der Waals surface area contributed by atoms with Crippen LogP contribution in [0.4, 0.5) is 26.3 Å². The van der Waals surface area contributed by atoms with E-state index in [0.717, 1.165) is 11.6 Å². The molecule has 0 atom stereocenters. The first kappa shape index (κ1) is 23.1. The quantitative estimate of drug-likeness (QED) is 0.575. The number of hydrogen-bond acceptors (Lipinski definition) is 5. The lowest BCUT2D eigenvalue weighted by Crippen LogP contribution is -2.22. The number of carboxylic acids is 1. The maximum Gasteiger partial charge on any atom is 0.490 e. The number of hydrogen-bond donors (Lipinski definition) is 2. The predicted molar refractivity (Wildman–Crippen MR) is 83.8 cm³/mol. The van der Waals surface area contributed by atoms with Gasteiger partial charge in [-0.05, 0) is 23.8 Å². The summed E-state index contributed by atoms with van der Waals surface area (Å²) in [7, 11) is 0. The highest BCUT2D eigenvalue weighted by Crippen LogP contribution is 2.26. The first-order valence-electron chi connectivity index (χ1n) is 7.01. The van der Waals surface area contributed by atoms with Gasteiger partial charge in [-0.3, -0.25) is 14.6 Å². The lowest BCUT2D eigenvalue weighted by Gasteiger charge is -2.03. The van der Waals surface area contributed by atoms with Crippen LogP contribution in [0.1, 0.15) is 24.9 Å². The van der Waals surface area contributed by atoms with E-state index in [1.54, 1.807) is 24.5 Å². The molecule has 0 aromatic carbocycles. The van der Waals surface area contributed by atoms with Crippen molar-refractivity contribution in [3.8, 4) is 0 Å².